The Balaban J connectivity index is 1.42. The SMILES string of the molecule is O=C(CSc1nnc(CNc2ccccc2)n1-c1ccccc1)N/N=C/c1cccc(Cl)c1. The van der Waals surface area contributed by atoms with E-state index in [0.29, 0.717) is 16.7 Å². The highest BCUT2D eigenvalue weighted by Crippen LogP contribution is 2.22. The maximum Gasteiger partial charge on any atom is 0.250 e. The molecule has 0 saturated carbocycles. The summed E-state index contributed by atoms with van der Waals surface area (Å²) in [6.07, 6.45) is 1.55. The first-order chi connectivity index (χ1) is 16.2. The van der Waals surface area contributed by atoms with Gasteiger partial charge in [-0.1, -0.05) is 71.9 Å². The third-order valence-corrected chi connectivity index (χ3v) is 5.69. The molecule has 0 unspecified atom stereocenters. The van der Waals surface area contributed by atoms with E-state index in [9.17, 15) is 4.79 Å². The third-order valence-electron chi connectivity index (χ3n) is 4.52. The lowest BCUT2D eigenvalue weighted by Crippen LogP contribution is -2.20. The number of aromatic nitrogens is 3. The number of thioether (sulfide) groups is 1. The number of nitrogens with one attached hydrogen (secondary N) is 2. The van der Waals surface area contributed by atoms with Crippen LogP contribution in [0.5, 0.6) is 0 Å². The van der Waals surface area contributed by atoms with Gasteiger partial charge in [-0.15, -0.1) is 10.2 Å². The maximum absolute atomic E-state index is 12.3. The van der Waals surface area contributed by atoms with Crippen LogP contribution in [0.2, 0.25) is 5.02 Å². The lowest BCUT2D eigenvalue weighted by atomic mass is 10.2. The lowest BCUT2D eigenvalue weighted by Gasteiger charge is -2.11. The Morgan fingerprint density at radius 1 is 1.00 bits per heavy atom. The first-order valence-electron chi connectivity index (χ1n) is 10.2. The van der Waals surface area contributed by atoms with Crippen molar-refractivity contribution in [2.75, 3.05) is 11.1 Å². The minimum absolute atomic E-state index is 0.143. The molecule has 1 heterocycles. The number of benzene rings is 3. The van der Waals surface area contributed by atoms with Crippen molar-refractivity contribution in [1.29, 1.82) is 0 Å². The molecular formula is C24H21ClN6OS. The average molecular weight is 477 g/mol. The van der Waals surface area contributed by atoms with Crippen molar-refractivity contribution in [3.05, 3.63) is 101 Å². The highest BCUT2D eigenvalue weighted by atomic mass is 35.5. The van der Waals surface area contributed by atoms with Crippen LogP contribution >= 0.6 is 23.4 Å². The summed E-state index contributed by atoms with van der Waals surface area (Å²) < 4.78 is 1.95. The van der Waals surface area contributed by atoms with Crippen molar-refractivity contribution in [2.45, 2.75) is 11.7 Å². The summed E-state index contributed by atoms with van der Waals surface area (Å²) >= 11 is 7.25. The number of hydrazone groups is 1. The van der Waals surface area contributed by atoms with Crippen LogP contribution in [0.3, 0.4) is 0 Å². The molecule has 4 rings (SSSR count). The molecule has 1 aromatic heterocycles. The average Bonchev–Trinajstić information content (AvgIpc) is 3.25. The van der Waals surface area contributed by atoms with E-state index >= 15 is 0 Å². The number of para-hydroxylation sites is 2. The molecule has 0 aliphatic carbocycles. The lowest BCUT2D eigenvalue weighted by molar-refractivity contribution is -0.118. The number of amides is 1. The Labute approximate surface area is 200 Å². The van der Waals surface area contributed by atoms with Crippen molar-refractivity contribution in [2.24, 2.45) is 5.10 Å². The number of hydrogen-bond acceptors (Lipinski definition) is 6. The molecule has 33 heavy (non-hydrogen) atoms. The zero-order valence-electron chi connectivity index (χ0n) is 17.6. The quantitative estimate of drug-likeness (QED) is 0.206. The zero-order valence-corrected chi connectivity index (χ0v) is 19.1. The van der Waals surface area contributed by atoms with E-state index in [1.54, 1.807) is 18.3 Å². The van der Waals surface area contributed by atoms with Gasteiger partial charge in [0.05, 0.1) is 18.5 Å². The van der Waals surface area contributed by atoms with Crippen molar-refractivity contribution in [1.82, 2.24) is 20.2 Å². The molecule has 166 valence electrons. The van der Waals surface area contributed by atoms with Crippen LogP contribution < -0.4 is 10.7 Å². The summed E-state index contributed by atoms with van der Waals surface area (Å²) in [4.78, 5) is 12.3. The number of halogens is 1. The first-order valence-corrected chi connectivity index (χ1v) is 11.5. The fourth-order valence-electron chi connectivity index (χ4n) is 3.01. The Kier molecular flexibility index (Phi) is 7.73. The van der Waals surface area contributed by atoms with Crippen molar-refractivity contribution < 1.29 is 4.79 Å². The highest BCUT2D eigenvalue weighted by Gasteiger charge is 2.15. The summed E-state index contributed by atoms with van der Waals surface area (Å²) in [6.45, 7) is 0.489. The second-order valence-corrected chi connectivity index (χ2v) is 8.31. The van der Waals surface area contributed by atoms with Crippen LogP contribution in [-0.4, -0.2) is 32.6 Å². The second kappa shape index (κ2) is 11.3. The van der Waals surface area contributed by atoms with E-state index in [1.807, 2.05) is 77.4 Å². The summed E-state index contributed by atoms with van der Waals surface area (Å²) in [7, 11) is 0. The van der Waals surface area contributed by atoms with Gasteiger partial charge in [-0.25, -0.2) is 5.43 Å². The third kappa shape index (κ3) is 6.44. The number of hydrogen-bond donors (Lipinski definition) is 2. The smallest absolute Gasteiger partial charge is 0.250 e. The van der Waals surface area contributed by atoms with Crippen LogP contribution in [-0.2, 0) is 11.3 Å². The van der Waals surface area contributed by atoms with Gasteiger partial charge in [0.1, 0.15) is 0 Å². The molecule has 3 aromatic carbocycles. The minimum atomic E-state index is -0.246. The van der Waals surface area contributed by atoms with Gasteiger partial charge in [0.2, 0.25) is 0 Å². The Morgan fingerprint density at radius 2 is 1.76 bits per heavy atom. The van der Waals surface area contributed by atoms with Gasteiger partial charge in [0.15, 0.2) is 11.0 Å². The topological polar surface area (TPSA) is 84.2 Å². The van der Waals surface area contributed by atoms with Gasteiger partial charge in [0, 0.05) is 16.4 Å². The molecule has 7 nitrogen and oxygen atoms in total. The van der Waals surface area contributed by atoms with E-state index in [0.717, 1.165) is 22.8 Å². The number of nitrogens with zero attached hydrogens (tertiary/aromatic N) is 4. The molecule has 0 aliphatic rings. The number of carbonyl (C=O) groups is 1. The van der Waals surface area contributed by atoms with Crippen LogP contribution in [0.25, 0.3) is 5.69 Å². The molecule has 0 bridgehead atoms. The standard InChI is InChI=1S/C24H21ClN6OS/c25-19-9-7-8-18(14-19)15-27-29-23(32)17-33-24-30-28-22(16-26-20-10-3-1-4-11-20)31(24)21-12-5-2-6-13-21/h1-15,26H,16-17H2,(H,29,32)/b27-15+. The molecule has 9 heteroatoms. The number of rotatable bonds is 9. The molecule has 1 amide bonds. The molecule has 0 spiro atoms. The van der Waals surface area contributed by atoms with Crippen molar-refractivity contribution >= 4 is 41.2 Å². The van der Waals surface area contributed by atoms with Crippen molar-refractivity contribution in [3.8, 4) is 5.69 Å². The second-order valence-electron chi connectivity index (χ2n) is 6.93. The normalized spacial score (nSPS) is 10.9. The van der Waals surface area contributed by atoms with E-state index < -0.39 is 0 Å². The summed E-state index contributed by atoms with van der Waals surface area (Å²) in [5, 5.41) is 17.3. The molecule has 0 radical (unpaired) electrons. The van der Waals surface area contributed by atoms with Crippen LogP contribution in [0.4, 0.5) is 5.69 Å². The van der Waals surface area contributed by atoms with Gasteiger partial charge < -0.3 is 5.32 Å². The molecule has 2 N–H and O–H groups in total. The Morgan fingerprint density at radius 3 is 2.52 bits per heavy atom. The highest BCUT2D eigenvalue weighted by molar-refractivity contribution is 7.99. The molecule has 0 atom stereocenters. The van der Waals surface area contributed by atoms with E-state index in [4.69, 9.17) is 11.6 Å². The van der Waals surface area contributed by atoms with Crippen LogP contribution in [0.15, 0.2) is 95.2 Å². The minimum Gasteiger partial charge on any atom is -0.378 e. The summed E-state index contributed by atoms with van der Waals surface area (Å²) in [6, 6.07) is 26.9. The molecular weight excluding hydrogens is 456 g/mol. The van der Waals surface area contributed by atoms with Gasteiger partial charge in [-0.3, -0.25) is 9.36 Å². The maximum atomic E-state index is 12.3. The summed E-state index contributed by atoms with van der Waals surface area (Å²) in [5.41, 5.74) is 5.25. The monoisotopic (exact) mass is 476 g/mol. The van der Waals surface area contributed by atoms with Gasteiger partial charge in [-0.2, -0.15) is 5.10 Å². The van der Waals surface area contributed by atoms with Crippen molar-refractivity contribution in [3.63, 3.8) is 0 Å². The predicted molar refractivity (Wildman–Crippen MR) is 133 cm³/mol. The fraction of sp³-hybridized carbons (Fsp3) is 0.0833. The Bertz CT molecular complexity index is 1230. The first kappa shape index (κ1) is 22.6. The predicted octanol–water partition coefficient (Wildman–Crippen LogP) is 4.78. The van der Waals surface area contributed by atoms with Crippen LogP contribution in [0.1, 0.15) is 11.4 Å². The largest absolute Gasteiger partial charge is 0.378 e. The Hall–Kier alpha value is -3.62. The molecule has 0 saturated heterocycles. The van der Waals surface area contributed by atoms with Gasteiger partial charge in [-0.05, 0) is 42.0 Å². The number of carbonyl (C=O) groups excluding carboxylic acids is 1. The summed E-state index contributed by atoms with van der Waals surface area (Å²) in [5.74, 6) is 0.640. The van der Waals surface area contributed by atoms with Gasteiger partial charge in [0.25, 0.3) is 5.91 Å². The molecule has 0 aliphatic heterocycles. The molecule has 4 aromatic rings. The fourth-order valence-corrected chi connectivity index (χ4v) is 3.97. The van der Waals surface area contributed by atoms with E-state index in [2.05, 4.69) is 26.0 Å². The molecule has 0 fully saturated rings. The van der Waals surface area contributed by atoms with Crippen LogP contribution in [0, 0.1) is 0 Å². The van der Waals surface area contributed by atoms with E-state index in [-0.39, 0.29) is 11.7 Å². The van der Waals surface area contributed by atoms with Gasteiger partial charge >= 0.3 is 0 Å². The number of anilines is 1. The zero-order chi connectivity index (χ0) is 22.9. The van der Waals surface area contributed by atoms with E-state index in [1.165, 1.54) is 11.8 Å².